The molecule has 0 spiro atoms. The molecule has 0 atom stereocenters. The van der Waals surface area contributed by atoms with Gasteiger partial charge in [-0.05, 0) is 24.3 Å². The zero-order chi connectivity index (χ0) is 16.0. The summed E-state index contributed by atoms with van der Waals surface area (Å²) in [5, 5.41) is 0. The molecule has 5 nitrogen and oxygen atoms in total. The Labute approximate surface area is 131 Å². The molecule has 23 heavy (non-hydrogen) atoms. The minimum atomic E-state index is -0.397. The topological polar surface area (TPSA) is 56.9 Å². The molecule has 0 saturated carbocycles. The summed E-state index contributed by atoms with van der Waals surface area (Å²) < 4.78 is 2.66. The van der Waals surface area contributed by atoms with Gasteiger partial charge in [-0.25, -0.2) is 18.9 Å². The molecule has 1 aliphatic carbocycles. The summed E-state index contributed by atoms with van der Waals surface area (Å²) in [6.07, 6.45) is 0. The maximum absolute atomic E-state index is 12.7. The number of hydrogen-bond donors (Lipinski definition) is 0. The normalized spacial score (nSPS) is 11.2. The van der Waals surface area contributed by atoms with E-state index in [-0.39, 0.29) is 5.91 Å². The minimum absolute atomic E-state index is 0.313. The smallest absolute Gasteiger partial charge is 0.274 e. The van der Waals surface area contributed by atoms with Gasteiger partial charge in [-0.3, -0.25) is 4.79 Å². The van der Waals surface area contributed by atoms with E-state index < -0.39 is 5.69 Å². The van der Waals surface area contributed by atoms with Crippen molar-refractivity contribution in [2.75, 3.05) is 0 Å². The quantitative estimate of drug-likeness (QED) is 0.543. The van der Waals surface area contributed by atoms with Gasteiger partial charge in [0, 0.05) is 12.5 Å². The summed E-state index contributed by atoms with van der Waals surface area (Å²) in [7, 11) is 0. The van der Waals surface area contributed by atoms with Crippen LogP contribution in [0.4, 0.5) is 0 Å². The van der Waals surface area contributed by atoms with Crippen molar-refractivity contribution in [2.45, 2.75) is 6.92 Å². The van der Waals surface area contributed by atoms with Crippen LogP contribution in [-0.4, -0.2) is 20.0 Å². The summed E-state index contributed by atoms with van der Waals surface area (Å²) in [6.45, 7) is 1.38. The van der Waals surface area contributed by atoms with Crippen LogP contribution in [0.3, 0.4) is 0 Å². The molecule has 0 bridgehead atoms. The highest BCUT2D eigenvalue weighted by Crippen LogP contribution is 2.25. The van der Waals surface area contributed by atoms with Crippen LogP contribution in [0.15, 0.2) is 65.5 Å². The lowest BCUT2D eigenvalue weighted by molar-refractivity contribution is 0.0937. The Morgan fingerprint density at radius 1 is 0.957 bits per heavy atom. The number of carbonyl (C=O) groups excluding carboxylic acids is 1. The van der Waals surface area contributed by atoms with Crippen molar-refractivity contribution in [3.8, 4) is 17.1 Å². The third-order valence-electron chi connectivity index (χ3n) is 3.86. The number of aromatic nitrogens is 3. The van der Waals surface area contributed by atoms with Crippen LogP contribution in [0.5, 0.6) is 0 Å². The van der Waals surface area contributed by atoms with Gasteiger partial charge in [-0.1, -0.05) is 36.4 Å². The lowest BCUT2D eigenvalue weighted by Gasteiger charge is -1.96. The molecule has 0 radical (unpaired) electrons. The number of rotatable bonds is 1. The Hall–Kier alpha value is -3.21. The molecule has 0 unspecified atom stereocenters. The van der Waals surface area contributed by atoms with E-state index >= 15 is 0 Å². The van der Waals surface area contributed by atoms with Gasteiger partial charge in [0.15, 0.2) is 0 Å². The number of nitrogens with zero attached hydrogens (tertiary/aromatic N) is 3. The number of imidazole rings is 1. The maximum atomic E-state index is 12.7. The predicted molar refractivity (Wildman–Crippen MR) is 88.3 cm³/mol. The third kappa shape index (κ3) is 1.97. The van der Waals surface area contributed by atoms with Gasteiger partial charge in [0.2, 0.25) is 5.91 Å². The number of benzene rings is 1. The van der Waals surface area contributed by atoms with Crippen molar-refractivity contribution in [3.05, 3.63) is 71.1 Å². The largest absolute Gasteiger partial charge is 0.341 e. The van der Waals surface area contributed by atoms with Crippen LogP contribution in [0.2, 0.25) is 0 Å². The third-order valence-corrected chi connectivity index (χ3v) is 3.86. The summed E-state index contributed by atoms with van der Waals surface area (Å²) in [4.78, 5) is 29.1. The van der Waals surface area contributed by atoms with Gasteiger partial charge < -0.3 is 0 Å². The fraction of sp³-hybridized carbons (Fsp3) is 0.0556. The van der Waals surface area contributed by atoms with Gasteiger partial charge in [0.05, 0.1) is 16.7 Å². The SMILES string of the molecule is CC(=O)n1c(=O)n(-c2cc3cccccc-3n2)c2ccccc21. The monoisotopic (exact) mass is 303 g/mol. The molecule has 1 aromatic carbocycles. The zero-order valence-corrected chi connectivity index (χ0v) is 12.4. The lowest BCUT2D eigenvalue weighted by Crippen LogP contribution is -2.26. The number of hydrogen-bond acceptors (Lipinski definition) is 3. The molecule has 0 saturated heterocycles. The van der Waals surface area contributed by atoms with E-state index in [1.165, 1.54) is 16.1 Å². The summed E-state index contributed by atoms with van der Waals surface area (Å²) in [6, 6.07) is 18.7. The van der Waals surface area contributed by atoms with E-state index in [2.05, 4.69) is 4.98 Å². The van der Waals surface area contributed by atoms with E-state index in [1.54, 1.807) is 12.1 Å². The molecule has 2 aliphatic rings. The van der Waals surface area contributed by atoms with Crippen molar-refractivity contribution in [2.24, 2.45) is 0 Å². The second-order valence-corrected chi connectivity index (χ2v) is 5.33. The van der Waals surface area contributed by atoms with Crippen LogP contribution >= 0.6 is 0 Å². The highest BCUT2D eigenvalue weighted by atomic mass is 16.2. The number of fused-ring (bicyclic) bond motifs is 2. The first-order valence-corrected chi connectivity index (χ1v) is 7.26. The second kappa shape index (κ2) is 4.91. The fourth-order valence-electron chi connectivity index (χ4n) is 2.86. The standard InChI is InChI=1S/C18H13N3O2/c1-12(22)20-15-9-5-6-10-16(15)21(18(20)23)17-11-13-7-3-2-4-8-14(13)19-17/h2-11H,1H3. The van der Waals surface area contributed by atoms with E-state index in [0.29, 0.717) is 16.9 Å². The summed E-state index contributed by atoms with van der Waals surface area (Å²) in [5.74, 6) is 0.208. The first-order chi connectivity index (χ1) is 11.2. The fourth-order valence-corrected chi connectivity index (χ4v) is 2.86. The molecule has 1 aromatic heterocycles. The van der Waals surface area contributed by atoms with Crippen LogP contribution in [0, 0.1) is 0 Å². The summed E-state index contributed by atoms with van der Waals surface area (Å²) >= 11 is 0. The second-order valence-electron chi connectivity index (χ2n) is 5.33. The van der Waals surface area contributed by atoms with Crippen molar-refractivity contribution >= 4 is 16.9 Å². The van der Waals surface area contributed by atoms with Crippen molar-refractivity contribution < 1.29 is 4.79 Å². The van der Waals surface area contributed by atoms with Gasteiger partial charge in [-0.15, -0.1) is 0 Å². The molecule has 4 rings (SSSR count). The van der Waals surface area contributed by atoms with Crippen molar-refractivity contribution in [1.29, 1.82) is 0 Å². The first-order valence-electron chi connectivity index (χ1n) is 7.26. The Kier molecular flexibility index (Phi) is 2.87. The molecule has 2 heterocycles. The zero-order valence-electron chi connectivity index (χ0n) is 12.4. The highest BCUT2D eigenvalue weighted by molar-refractivity contribution is 5.90. The molecule has 5 heteroatoms. The van der Waals surface area contributed by atoms with Crippen LogP contribution < -0.4 is 5.69 Å². The van der Waals surface area contributed by atoms with E-state index in [1.807, 2.05) is 48.5 Å². The van der Waals surface area contributed by atoms with Crippen molar-refractivity contribution in [1.82, 2.24) is 14.1 Å². The average molecular weight is 303 g/mol. The van der Waals surface area contributed by atoms with E-state index in [4.69, 9.17) is 0 Å². The molecule has 0 fully saturated rings. The molecular formula is C18H13N3O2. The van der Waals surface area contributed by atoms with Crippen LogP contribution in [-0.2, 0) is 0 Å². The Morgan fingerprint density at radius 3 is 2.43 bits per heavy atom. The first kappa shape index (κ1) is 13.5. The molecular weight excluding hydrogens is 290 g/mol. The highest BCUT2D eigenvalue weighted by Gasteiger charge is 2.19. The predicted octanol–water partition coefficient (Wildman–Crippen LogP) is 2.95. The Balaban J connectivity index is 2.10. The number of carbonyl (C=O) groups is 1. The molecule has 0 N–H and O–H groups in total. The van der Waals surface area contributed by atoms with Crippen LogP contribution in [0.25, 0.3) is 28.1 Å². The van der Waals surface area contributed by atoms with E-state index in [0.717, 1.165) is 11.3 Å². The van der Waals surface area contributed by atoms with Crippen LogP contribution in [0.1, 0.15) is 11.7 Å². The molecule has 1 aliphatic heterocycles. The number of para-hydroxylation sites is 2. The maximum Gasteiger partial charge on any atom is 0.341 e. The minimum Gasteiger partial charge on any atom is -0.274 e. The average Bonchev–Trinajstić information content (AvgIpc) is 2.96. The molecule has 2 aromatic rings. The van der Waals surface area contributed by atoms with Gasteiger partial charge in [0.25, 0.3) is 0 Å². The lowest BCUT2D eigenvalue weighted by atomic mass is 10.2. The Morgan fingerprint density at radius 2 is 1.65 bits per heavy atom. The van der Waals surface area contributed by atoms with Crippen molar-refractivity contribution in [3.63, 3.8) is 0 Å². The van der Waals surface area contributed by atoms with Gasteiger partial charge in [0.1, 0.15) is 5.82 Å². The summed E-state index contributed by atoms with van der Waals surface area (Å²) in [5.41, 5.74) is 2.60. The Bertz CT molecular complexity index is 1040. The molecule has 112 valence electrons. The van der Waals surface area contributed by atoms with Gasteiger partial charge in [-0.2, -0.15) is 0 Å². The van der Waals surface area contributed by atoms with Gasteiger partial charge >= 0.3 is 5.69 Å². The van der Waals surface area contributed by atoms with E-state index in [9.17, 15) is 9.59 Å². The molecule has 0 amide bonds.